The van der Waals surface area contributed by atoms with E-state index >= 15 is 0 Å². The fourth-order valence-corrected chi connectivity index (χ4v) is 1.48. The third kappa shape index (κ3) is 4.24. The minimum Gasteiger partial charge on any atom is -0.477 e. The van der Waals surface area contributed by atoms with Gasteiger partial charge in [-0.1, -0.05) is 0 Å². The molecule has 0 N–H and O–H groups in total. The van der Waals surface area contributed by atoms with Gasteiger partial charge in [-0.2, -0.15) is 18.4 Å². The number of aryl methyl sites for hydroxylation is 2. The molecule has 3 nitrogen and oxygen atoms in total. The predicted molar refractivity (Wildman–Crippen MR) is 59.2 cm³/mol. The second kappa shape index (κ2) is 5.71. The molecule has 1 aromatic heterocycles. The summed E-state index contributed by atoms with van der Waals surface area (Å²) < 4.78 is 40.9. The normalized spacial score (nSPS) is 11.1. The molecule has 0 spiro atoms. The first kappa shape index (κ1) is 14.3. The molecule has 1 aromatic rings. The van der Waals surface area contributed by atoms with Gasteiger partial charge in [-0.3, -0.25) is 0 Å². The quantitative estimate of drug-likeness (QED) is 0.778. The zero-order valence-electron chi connectivity index (χ0n) is 10.1. The average Bonchev–Trinajstić information content (AvgIpc) is 2.22. The van der Waals surface area contributed by atoms with E-state index in [9.17, 15) is 13.2 Å². The van der Waals surface area contributed by atoms with Gasteiger partial charge in [0.15, 0.2) is 0 Å². The molecule has 6 heteroatoms. The van der Waals surface area contributed by atoms with Crippen LogP contribution in [0.1, 0.15) is 29.7 Å². The molecule has 0 atom stereocenters. The molecule has 1 heterocycles. The van der Waals surface area contributed by atoms with Gasteiger partial charge in [-0.25, -0.2) is 4.98 Å². The standard InChI is InChI=1S/C12H13F3N2O/c1-8-6-9(2)17-11(10(8)7-16)18-5-3-4-12(13,14)15/h6H,3-5H2,1-2H3. The minimum atomic E-state index is -4.18. The van der Waals surface area contributed by atoms with Crippen molar-refractivity contribution in [3.8, 4) is 11.9 Å². The van der Waals surface area contributed by atoms with Crippen molar-refractivity contribution in [3.63, 3.8) is 0 Å². The van der Waals surface area contributed by atoms with Crippen molar-refractivity contribution in [3.05, 3.63) is 22.9 Å². The Morgan fingerprint density at radius 2 is 2.06 bits per heavy atom. The van der Waals surface area contributed by atoms with Gasteiger partial charge in [0.25, 0.3) is 0 Å². The molecule has 0 saturated carbocycles. The SMILES string of the molecule is Cc1cc(C)c(C#N)c(OCCCC(F)(F)F)n1. The van der Waals surface area contributed by atoms with Crippen LogP contribution >= 0.6 is 0 Å². The topological polar surface area (TPSA) is 45.9 Å². The third-order valence-corrected chi connectivity index (χ3v) is 2.27. The van der Waals surface area contributed by atoms with Crippen LogP contribution < -0.4 is 4.74 Å². The van der Waals surface area contributed by atoms with E-state index in [4.69, 9.17) is 10.00 Å². The molecule has 0 bridgehead atoms. The molecule has 0 aromatic carbocycles. The Morgan fingerprint density at radius 1 is 1.39 bits per heavy atom. The predicted octanol–water partition coefficient (Wildman–Crippen LogP) is 3.29. The zero-order valence-corrected chi connectivity index (χ0v) is 10.1. The molecule has 0 radical (unpaired) electrons. The van der Waals surface area contributed by atoms with Gasteiger partial charge in [0, 0.05) is 12.1 Å². The summed E-state index contributed by atoms with van der Waals surface area (Å²) in [6, 6.07) is 3.66. The number of hydrogen-bond acceptors (Lipinski definition) is 3. The largest absolute Gasteiger partial charge is 0.477 e. The van der Waals surface area contributed by atoms with Gasteiger partial charge < -0.3 is 4.74 Å². The van der Waals surface area contributed by atoms with E-state index in [2.05, 4.69) is 4.98 Å². The molecule has 0 aliphatic carbocycles. The Balaban J connectivity index is 2.65. The van der Waals surface area contributed by atoms with Gasteiger partial charge in [0.05, 0.1) is 6.61 Å². The maximum Gasteiger partial charge on any atom is 0.389 e. The van der Waals surface area contributed by atoms with Crippen molar-refractivity contribution >= 4 is 0 Å². The molecule has 0 aliphatic rings. The van der Waals surface area contributed by atoms with Crippen LogP contribution in [0.25, 0.3) is 0 Å². The highest BCUT2D eigenvalue weighted by Gasteiger charge is 2.26. The molecule has 0 saturated heterocycles. The Kier molecular flexibility index (Phi) is 4.54. The van der Waals surface area contributed by atoms with E-state index in [1.807, 2.05) is 6.07 Å². The highest BCUT2D eigenvalue weighted by Crippen LogP contribution is 2.23. The number of ether oxygens (including phenoxy) is 1. The van der Waals surface area contributed by atoms with Crippen molar-refractivity contribution in [1.29, 1.82) is 5.26 Å². The Hall–Kier alpha value is -1.77. The lowest BCUT2D eigenvalue weighted by atomic mass is 10.1. The third-order valence-electron chi connectivity index (χ3n) is 2.27. The van der Waals surface area contributed by atoms with Crippen molar-refractivity contribution in [2.24, 2.45) is 0 Å². The maximum absolute atomic E-state index is 11.9. The van der Waals surface area contributed by atoms with E-state index in [-0.39, 0.29) is 24.5 Å². The first-order chi connectivity index (χ1) is 8.33. The first-order valence-corrected chi connectivity index (χ1v) is 5.41. The summed E-state index contributed by atoms with van der Waals surface area (Å²) >= 11 is 0. The number of hydrogen-bond donors (Lipinski definition) is 0. The molecule has 0 unspecified atom stereocenters. The van der Waals surface area contributed by atoms with E-state index in [1.54, 1.807) is 19.9 Å². The van der Waals surface area contributed by atoms with E-state index in [0.717, 1.165) is 0 Å². The average molecular weight is 258 g/mol. The van der Waals surface area contributed by atoms with Gasteiger partial charge >= 0.3 is 6.18 Å². The van der Waals surface area contributed by atoms with Crippen LogP contribution in [0.15, 0.2) is 6.07 Å². The summed E-state index contributed by atoms with van der Waals surface area (Å²) in [7, 11) is 0. The monoisotopic (exact) mass is 258 g/mol. The zero-order chi connectivity index (χ0) is 13.8. The number of rotatable bonds is 4. The van der Waals surface area contributed by atoms with Crippen LogP contribution in [-0.4, -0.2) is 17.8 Å². The lowest BCUT2D eigenvalue weighted by Crippen LogP contribution is -2.10. The van der Waals surface area contributed by atoms with Crippen LogP contribution in [0.4, 0.5) is 13.2 Å². The van der Waals surface area contributed by atoms with Crippen molar-refractivity contribution in [2.75, 3.05) is 6.61 Å². The summed E-state index contributed by atoms with van der Waals surface area (Å²) in [5.41, 5.74) is 1.64. The number of aromatic nitrogens is 1. The molecule has 98 valence electrons. The van der Waals surface area contributed by atoms with Crippen LogP contribution in [0, 0.1) is 25.2 Å². The Bertz CT molecular complexity index is 464. The van der Waals surface area contributed by atoms with Crippen LogP contribution in [0.2, 0.25) is 0 Å². The first-order valence-electron chi connectivity index (χ1n) is 5.41. The maximum atomic E-state index is 11.9. The second-order valence-corrected chi connectivity index (χ2v) is 3.94. The molecule has 0 fully saturated rings. The van der Waals surface area contributed by atoms with Crippen LogP contribution in [0.5, 0.6) is 5.88 Å². The molecule has 1 rings (SSSR count). The van der Waals surface area contributed by atoms with Crippen molar-refractivity contribution < 1.29 is 17.9 Å². The molecule has 0 aliphatic heterocycles. The molecular weight excluding hydrogens is 245 g/mol. The minimum absolute atomic E-state index is 0.107. The Morgan fingerprint density at radius 3 is 2.61 bits per heavy atom. The van der Waals surface area contributed by atoms with E-state index in [0.29, 0.717) is 11.3 Å². The van der Waals surface area contributed by atoms with Gasteiger partial charge in [0.2, 0.25) is 5.88 Å². The molecular formula is C12H13F3N2O. The fraction of sp³-hybridized carbons (Fsp3) is 0.500. The van der Waals surface area contributed by atoms with E-state index in [1.165, 1.54) is 0 Å². The summed E-state index contributed by atoms with van der Waals surface area (Å²) in [6.45, 7) is 3.36. The number of nitriles is 1. The van der Waals surface area contributed by atoms with Gasteiger partial charge in [0.1, 0.15) is 11.6 Å². The number of halogens is 3. The number of alkyl halides is 3. The van der Waals surface area contributed by atoms with Crippen molar-refractivity contribution in [1.82, 2.24) is 4.98 Å². The van der Waals surface area contributed by atoms with Crippen molar-refractivity contribution in [2.45, 2.75) is 32.9 Å². The van der Waals surface area contributed by atoms with Crippen LogP contribution in [-0.2, 0) is 0 Å². The highest BCUT2D eigenvalue weighted by molar-refractivity contribution is 5.45. The summed E-state index contributed by atoms with van der Waals surface area (Å²) in [5, 5.41) is 8.93. The summed E-state index contributed by atoms with van der Waals surface area (Å²) in [6.07, 6.45) is -5.24. The van der Waals surface area contributed by atoms with Crippen LogP contribution in [0.3, 0.4) is 0 Å². The molecule has 18 heavy (non-hydrogen) atoms. The van der Waals surface area contributed by atoms with Gasteiger partial charge in [-0.05, 0) is 31.9 Å². The lowest BCUT2D eigenvalue weighted by Gasteiger charge is -2.10. The number of pyridine rings is 1. The smallest absolute Gasteiger partial charge is 0.389 e. The summed E-state index contributed by atoms with van der Waals surface area (Å²) in [4.78, 5) is 4.01. The number of nitrogens with zero attached hydrogens (tertiary/aromatic N) is 2. The van der Waals surface area contributed by atoms with E-state index < -0.39 is 12.6 Å². The second-order valence-electron chi connectivity index (χ2n) is 3.94. The summed E-state index contributed by atoms with van der Waals surface area (Å²) in [5.74, 6) is 0.108. The fourth-order valence-electron chi connectivity index (χ4n) is 1.48. The Labute approximate surface area is 103 Å². The van der Waals surface area contributed by atoms with Gasteiger partial charge in [-0.15, -0.1) is 0 Å². The molecule has 0 amide bonds. The highest BCUT2D eigenvalue weighted by atomic mass is 19.4. The lowest BCUT2D eigenvalue weighted by molar-refractivity contribution is -0.136.